The van der Waals surface area contributed by atoms with Crippen LogP contribution in [-0.4, -0.2) is 49.1 Å². The van der Waals surface area contributed by atoms with E-state index in [0.717, 1.165) is 46.3 Å². The van der Waals surface area contributed by atoms with Crippen LogP contribution in [0.2, 0.25) is 5.02 Å². The van der Waals surface area contributed by atoms with Crippen molar-refractivity contribution >= 4 is 34.1 Å². The Morgan fingerprint density at radius 1 is 0.941 bits per heavy atom. The van der Waals surface area contributed by atoms with Crippen LogP contribution in [0.1, 0.15) is 12.0 Å². The highest BCUT2D eigenvalue weighted by Gasteiger charge is 2.23. The first kappa shape index (κ1) is 22.4. The highest BCUT2D eigenvalue weighted by molar-refractivity contribution is 6.33. The Morgan fingerprint density at radius 3 is 2.38 bits per heavy atom. The van der Waals surface area contributed by atoms with Crippen molar-refractivity contribution < 1.29 is 9.53 Å². The first-order valence-corrected chi connectivity index (χ1v) is 12.0. The zero-order chi connectivity index (χ0) is 23.5. The molecular formula is C28H28ClN3O2. The first-order chi connectivity index (χ1) is 16.6. The monoisotopic (exact) mass is 473 g/mol. The molecule has 1 aliphatic rings. The topological polar surface area (TPSA) is 48.6 Å². The van der Waals surface area contributed by atoms with Gasteiger partial charge in [0.05, 0.1) is 17.8 Å². The number of ether oxygens (including phenoxy) is 1. The van der Waals surface area contributed by atoms with E-state index in [1.807, 2.05) is 53.4 Å². The predicted molar refractivity (Wildman–Crippen MR) is 139 cm³/mol. The predicted octanol–water partition coefficient (Wildman–Crippen LogP) is 5.78. The molecule has 174 valence electrons. The largest absolute Gasteiger partial charge is 0.497 e. The molecular weight excluding hydrogens is 446 g/mol. The second-order valence-electron chi connectivity index (χ2n) is 8.57. The van der Waals surface area contributed by atoms with Crippen molar-refractivity contribution in [2.24, 2.45) is 0 Å². The zero-order valence-electron chi connectivity index (χ0n) is 19.3. The standard InChI is InChI=1S/C28H28ClN3O2/c1-34-21-12-10-20(11-13-21)28-23(22-6-2-4-8-25(22)30-28)14-15-27(33)32-18-16-31(17-19-32)26-9-5-3-7-24(26)29/h2-13,30H,14-19H2,1H3. The second kappa shape index (κ2) is 9.82. The number of halogens is 1. The van der Waals surface area contributed by atoms with E-state index < -0.39 is 0 Å². The molecule has 34 heavy (non-hydrogen) atoms. The minimum absolute atomic E-state index is 0.199. The van der Waals surface area contributed by atoms with Crippen molar-refractivity contribution in [2.45, 2.75) is 12.8 Å². The number of carbonyl (C=O) groups is 1. The highest BCUT2D eigenvalue weighted by atomic mass is 35.5. The number of fused-ring (bicyclic) bond motifs is 1. The lowest BCUT2D eigenvalue weighted by atomic mass is 10.0. The van der Waals surface area contributed by atoms with Crippen LogP contribution < -0.4 is 9.64 Å². The molecule has 0 radical (unpaired) electrons. The maximum atomic E-state index is 13.1. The van der Waals surface area contributed by atoms with Crippen LogP contribution in [0.5, 0.6) is 5.75 Å². The number of carbonyl (C=O) groups excluding carboxylic acids is 1. The molecule has 1 fully saturated rings. The number of benzene rings is 3. The molecule has 2 heterocycles. The van der Waals surface area contributed by atoms with Crippen LogP contribution in [0.3, 0.4) is 0 Å². The smallest absolute Gasteiger partial charge is 0.223 e. The third-order valence-electron chi connectivity index (χ3n) is 6.61. The Labute approximate surface area is 204 Å². The molecule has 1 aliphatic heterocycles. The van der Waals surface area contributed by atoms with Crippen LogP contribution in [0.15, 0.2) is 72.8 Å². The summed E-state index contributed by atoms with van der Waals surface area (Å²) in [4.78, 5) is 20.9. The number of aryl methyl sites for hydroxylation is 1. The van der Waals surface area contributed by atoms with Crippen molar-refractivity contribution in [3.05, 3.63) is 83.4 Å². The van der Waals surface area contributed by atoms with Gasteiger partial charge in [0.1, 0.15) is 5.75 Å². The molecule has 0 atom stereocenters. The quantitative estimate of drug-likeness (QED) is 0.386. The van der Waals surface area contributed by atoms with Crippen molar-refractivity contribution in [3.63, 3.8) is 0 Å². The van der Waals surface area contributed by atoms with E-state index in [1.165, 1.54) is 10.9 Å². The minimum atomic E-state index is 0.199. The Kier molecular flexibility index (Phi) is 6.45. The molecule has 5 rings (SSSR count). The number of anilines is 1. The summed E-state index contributed by atoms with van der Waals surface area (Å²) in [6.45, 7) is 3.01. The van der Waals surface area contributed by atoms with Gasteiger partial charge >= 0.3 is 0 Å². The van der Waals surface area contributed by atoms with E-state index in [2.05, 4.69) is 34.1 Å². The lowest BCUT2D eigenvalue weighted by molar-refractivity contribution is -0.131. The van der Waals surface area contributed by atoms with Crippen LogP contribution in [0, 0.1) is 0 Å². The van der Waals surface area contributed by atoms with Gasteiger partial charge in [0.15, 0.2) is 0 Å². The number of hydrogen-bond donors (Lipinski definition) is 1. The molecule has 0 spiro atoms. The van der Waals surface area contributed by atoms with Gasteiger partial charge in [-0.1, -0.05) is 41.9 Å². The van der Waals surface area contributed by atoms with E-state index in [9.17, 15) is 4.79 Å². The van der Waals surface area contributed by atoms with Crippen LogP contribution in [0.4, 0.5) is 5.69 Å². The van der Waals surface area contributed by atoms with Crippen molar-refractivity contribution in [2.75, 3.05) is 38.2 Å². The Bertz CT molecular complexity index is 1290. The lowest BCUT2D eigenvalue weighted by Crippen LogP contribution is -2.48. The van der Waals surface area contributed by atoms with Gasteiger partial charge in [0.25, 0.3) is 0 Å². The summed E-state index contributed by atoms with van der Waals surface area (Å²) in [7, 11) is 1.67. The SMILES string of the molecule is COc1ccc(-c2[nH]c3ccccc3c2CCC(=O)N2CCN(c3ccccc3Cl)CC2)cc1. The van der Waals surface area contributed by atoms with Crippen molar-refractivity contribution in [3.8, 4) is 17.0 Å². The Morgan fingerprint density at radius 2 is 1.65 bits per heavy atom. The summed E-state index contributed by atoms with van der Waals surface area (Å²) in [5.41, 5.74) is 5.47. The minimum Gasteiger partial charge on any atom is -0.497 e. The average molecular weight is 474 g/mol. The summed E-state index contributed by atoms with van der Waals surface area (Å²) in [6, 6.07) is 24.2. The van der Waals surface area contributed by atoms with Crippen LogP contribution >= 0.6 is 11.6 Å². The van der Waals surface area contributed by atoms with Gasteiger partial charge in [-0.3, -0.25) is 4.79 Å². The fourth-order valence-corrected chi connectivity index (χ4v) is 5.01. The van der Waals surface area contributed by atoms with Crippen LogP contribution in [0.25, 0.3) is 22.2 Å². The second-order valence-corrected chi connectivity index (χ2v) is 8.98. The molecule has 0 bridgehead atoms. The van der Waals surface area contributed by atoms with Gasteiger partial charge < -0.3 is 19.5 Å². The van der Waals surface area contributed by atoms with Gasteiger partial charge in [-0.15, -0.1) is 0 Å². The maximum absolute atomic E-state index is 13.1. The third-order valence-corrected chi connectivity index (χ3v) is 6.93. The number of H-pyrrole nitrogens is 1. The number of rotatable bonds is 6. The number of amides is 1. The summed E-state index contributed by atoms with van der Waals surface area (Å²) in [5, 5.41) is 1.93. The Balaban J connectivity index is 1.29. The number of piperazine rings is 1. The van der Waals surface area contributed by atoms with E-state index in [0.29, 0.717) is 25.9 Å². The molecule has 3 aromatic carbocycles. The summed E-state index contributed by atoms with van der Waals surface area (Å²) in [5.74, 6) is 1.03. The molecule has 1 saturated heterocycles. The number of aromatic nitrogens is 1. The number of hydrogen-bond acceptors (Lipinski definition) is 3. The normalized spacial score (nSPS) is 13.9. The number of methoxy groups -OCH3 is 1. The summed E-state index contributed by atoms with van der Waals surface area (Å²) < 4.78 is 5.31. The van der Waals surface area contributed by atoms with Gasteiger partial charge in [0.2, 0.25) is 5.91 Å². The number of aromatic amines is 1. The Hall–Kier alpha value is -3.44. The van der Waals surface area contributed by atoms with E-state index in [-0.39, 0.29) is 5.91 Å². The van der Waals surface area contributed by atoms with E-state index in [4.69, 9.17) is 16.3 Å². The summed E-state index contributed by atoms with van der Waals surface area (Å²) >= 11 is 6.36. The molecule has 6 heteroatoms. The first-order valence-electron chi connectivity index (χ1n) is 11.7. The molecule has 4 aromatic rings. The summed E-state index contributed by atoms with van der Waals surface area (Å²) in [6.07, 6.45) is 1.17. The number of nitrogens with one attached hydrogen (secondary N) is 1. The van der Waals surface area contributed by atoms with Gasteiger partial charge in [-0.2, -0.15) is 0 Å². The molecule has 0 aliphatic carbocycles. The molecule has 1 aromatic heterocycles. The molecule has 5 nitrogen and oxygen atoms in total. The fraction of sp³-hybridized carbons (Fsp3) is 0.250. The third kappa shape index (κ3) is 4.48. The molecule has 0 saturated carbocycles. The fourth-order valence-electron chi connectivity index (χ4n) is 4.76. The van der Waals surface area contributed by atoms with E-state index in [1.54, 1.807) is 7.11 Å². The van der Waals surface area contributed by atoms with Gasteiger partial charge in [0, 0.05) is 49.2 Å². The van der Waals surface area contributed by atoms with Crippen molar-refractivity contribution in [1.29, 1.82) is 0 Å². The molecule has 1 N–H and O–H groups in total. The van der Waals surface area contributed by atoms with Crippen molar-refractivity contribution in [1.82, 2.24) is 9.88 Å². The number of para-hydroxylation sites is 2. The lowest BCUT2D eigenvalue weighted by Gasteiger charge is -2.36. The van der Waals surface area contributed by atoms with Gasteiger partial charge in [-0.05, 0) is 60.0 Å². The molecule has 0 unspecified atom stereocenters. The average Bonchev–Trinajstić information content (AvgIpc) is 3.26. The zero-order valence-corrected chi connectivity index (χ0v) is 20.0. The van der Waals surface area contributed by atoms with E-state index >= 15 is 0 Å². The number of nitrogens with zero attached hydrogens (tertiary/aromatic N) is 2. The molecule has 1 amide bonds. The maximum Gasteiger partial charge on any atom is 0.223 e. The van der Waals surface area contributed by atoms with Gasteiger partial charge in [-0.25, -0.2) is 0 Å². The highest BCUT2D eigenvalue weighted by Crippen LogP contribution is 2.32. The van der Waals surface area contributed by atoms with Crippen LogP contribution in [-0.2, 0) is 11.2 Å².